The lowest BCUT2D eigenvalue weighted by Crippen LogP contribution is -2.15. The number of primary amides is 1. The van der Waals surface area contributed by atoms with Crippen molar-refractivity contribution in [1.82, 2.24) is 0 Å². The van der Waals surface area contributed by atoms with Gasteiger partial charge in [0.15, 0.2) is 11.5 Å². The van der Waals surface area contributed by atoms with E-state index in [1.54, 1.807) is 0 Å². The van der Waals surface area contributed by atoms with Crippen molar-refractivity contribution in [3.8, 4) is 11.5 Å². The predicted molar refractivity (Wildman–Crippen MR) is 83.3 cm³/mol. The van der Waals surface area contributed by atoms with Crippen molar-refractivity contribution >= 4 is 33.2 Å². The van der Waals surface area contributed by atoms with E-state index in [4.69, 9.17) is 26.8 Å². The summed E-state index contributed by atoms with van der Waals surface area (Å²) in [5.41, 5.74) is 5.50. The Balaban J connectivity index is 1.91. The molecule has 0 atom stereocenters. The van der Waals surface area contributed by atoms with Gasteiger partial charge in [-0.05, 0) is 24.3 Å². The Morgan fingerprint density at radius 1 is 1.13 bits per heavy atom. The molecule has 0 unspecified atom stereocenters. The molecule has 0 aliphatic carbocycles. The van der Waals surface area contributed by atoms with Gasteiger partial charge in [0.1, 0.15) is 0 Å². The molecule has 0 spiro atoms. The number of sulfonamides is 1. The number of carbonyl (C=O) groups is 1. The fraction of sp³-hybridized carbons (Fsp3) is 0.0714. The largest absolute Gasteiger partial charge is 0.454 e. The Morgan fingerprint density at radius 2 is 1.74 bits per heavy atom. The van der Waals surface area contributed by atoms with Crippen molar-refractivity contribution in [2.45, 2.75) is 4.90 Å². The SMILES string of the molecule is NC(=O)c1ccc(S(=O)(=O)Nc2cc3c(cc2Cl)OCO3)cc1. The van der Waals surface area contributed by atoms with Crippen LogP contribution in [0.1, 0.15) is 10.4 Å². The summed E-state index contributed by atoms with van der Waals surface area (Å²) in [6, 6.07) is 8.14. The molecule has 0 bridgehead atoms. The van der Waals surface area contributed by atoms with E-state index >= 15 is 0 Å². The number of hydrogen-bond donors (Lipinski definition) is 2. The van der Waals surface area contributed by atoms with Crippen LogP contribution in [-0.4, -0.2) is 21.1 Å². The summed E-state index contributed by atoms with van der Waals surface area (Å²) in [5, 5.41) is 0.173. The van der Waals surface area contributed by atoms with Crippen molar-refractivity contribution in [3.05, 3.63) is 47.0 Å². The lowest BCUT2D eigenvalue weighted by atomic mass is 10.2. The Labute approximate surface area is 137 Å². The Hall–Kier alpha value is -2.45. The fourth-order valence-electron chi connectivity index (χ4n) is 2.00. The van der Waals surface area contributed by atoms with Gasteiger partial charge in [-0.2, -0.15) is 0 Å². The average molecular weight is 355 g/mol. The number of halogens is 1. The molecule has 1 heterocycles. The molecule has 120 valence electrons. The average Bonchev–Trinajstić information content (AvgIpc) is 2.94. The quantitative estimate of drug-likeness (QED) is 0.872. The van der Waals surface area contributed by atoms with Crippen LogP contribution < -0.4 is 19.9 Å². The topological polar surface area (TPSA) is 108 Å². The van der Waals surface area contributed by atoms with Gasteiger partial charge < -0.3 is 15.2 Å². The van der Waals surface area contributed by atoms with Crippen LogP contribution in [0.2, 0.25) is 5.02 Å². The van der Waals surface area contributed by atoms with Gasteiger partial charge in [-0.3, -0.25) is 9.52 Å². The first-order chi connectivity index (χ1) is 10.9. The summed E-state index contributed by atoms with van der Waals surface area (Å²) in [4.78, 5) is 11.0. The highest BCUT2D eigenvalue weighted by Gasteiger charge is 2.21. The summed E-state index contributed by atoms with van der Waals surface area (Å²) in [6.07, 6.45) is 0. The van der Waals surface area contributed by atoms with E-state index in [1.165, 1.54) is 36.4 Å². The van der Waals surface area contributed by atoms with Crippen LogP contribution in [0.4, 0.5) is 5.69 Å². The van der Waals surface area contributed by atoms with Crippen LogP contribution in [0.15, 0.2) is 41.3 Å². The monoisotopic (exact) mass is 354 g/mol. The summed E-state index contributed by atoms with van der Waals surface area (Å²) in [6.45, 7) is 0.0520. The molecule has 0 saturated carbocycles. The van der Waals surface area contributed by atoms with Crippen molar-refractivity contribution in [2.24, 2.45) is 5.73 Å². The molecule has 0 fully saturated rings. The number of hydrogen-bond acceptors (Lipinski definition) is 5. The van der Waals surface area contributed by atoms with E-state index in [-0.39, 0.29) is 28.0 Å². The third kappa shape index (κ3) is 3.03. The third-order valence-corrected chi connectivity index (χ3v) is 4.85. The molecule has 2 aromatic rings. The number of nitrogens with one attached hydrogen (secondary N) is 1. The van der Waals surface area contributed by atoms with Crippen LogP contribution in [-0.2, 0) is 10.0 Å². The summed E-state index contributed by atoms with van der Waals surface area (Å²) >= 11 is 6.04. The first-order valence-corrected chi connectivity index (χ1v) is 8.25. The van der Waals surface area contributed by atoms with Crippen molar-refractivity contribution < 1.29 is 22.7 Å². The molecular weight excluding hydrogens is 344 g/mol. The number of anilines is 1. The molecule has 1 aliphatic rings. The molecule has 0 radical (unpaired) electrons. The zero-order valence-electron chi connectivity index (χ0n) is 11.6. The fourth-order valence-corrected chi connectivity index (χ4v) is 3.32. The standard InChI is InChI=1S/C14H11ClN2O5S/c15-10-5-12-13(22-7-21-12)6-11(10)17-23(19,20)9-3-1-8(2-4-9)14(16)18/h1-6,17H,7H2,(H2,16,18). The van der Waals surface area contributed by atoms with E-state index in [1.807, 2.05) is 0 Å². The second-order valence-electron chi connectivity index (χ2n) is 4.68. The summed E-state index contributed by atoms with van der Waals surface area (Å²) in [5.74, 6) is 0.209. The number of nitrogens with two attached hydrogens (primary N) is 1. The third-order valence-electron chi connectivity index (χ3n) is 3.16. The minimum Gasteiger partial charge on any atom is -0.454 e. The van der Waals surface area contributed by atoms with E-state index in [0.29, 0.717) is 11.5 Å². The zero-order chi connectivity index (χ0) is 16.6. The first-order valence-electron chi connectivity index (χ1n) is 6.39. The lowest BCUT2D eigenvalue weighted by Gasteiger charge is -2.10. The minimum absolute atomic E-state index is 0.0313. The van der Waals surface area contributed by atoms with E-state index in [9.17, 15) is 13.2 Å². The molecule has 1 amide bonds. The van der Waals surface area contributed by atoms with Crippen LogP contribution in [0.5, 0.6) is 11.5 Å². The summed E-state index contributed by atoms with van der Waals surface area (Å²) in [7, 11) is -3.88. The summed E-state index contributed by atoms with van der Waals surface area (Å²) < 4.78 is 37.5. The Kier molecular flexibility index (Phi) is 3.78. The van der Waals surface area contributed by atoms with Gasteiger partial charge in [0, 0.05) is 17.7 Å². The molecule has 0 saturated heterocycles. The molecule has 7 nitrogen and oxygen atoms in total. The number of fused-ring (bicyclic) bond motifs is 1. The second kappa shape index (κ2) is 5.64. The van der Waals surface area contributed by atoms with E-state index < -0.39 is 15.9 Å². The van der Waals surface area contributed by atoms with Crippen LogP contribution in [0.3, 0.4) is 0 Å². The number of amides is 1. The highest BCUT2D eigenvalue weighted by Crippen LogP contribution is 2.39. The number of carbonyl (C=O) groups excluding carboxylic acids is 1. The van der Waals surface area contributed by atoms with Gasteiger partial charge in [-0.1, -0.05) is 11.6 Å². The minimum atomic E-state index is -3.88. The van der Waals surface area contributed by atoms with Crippen molar-refractivity contribution in [2.75, 3.05) is 11.5 Å². The normalized spacial score (nSPS) is 12.9. The van der Waals surface area contributed by atoms with Gasteiger partial charge in [0.2, 0.25) is 12.7 Å². The predicted octanol–water partition coefficient (Wildman–Crippen LogP) is 1.97. The highest BCUT2D eigenvalue weighted by molar-refractivity contribution is 7.92. The van der Waals surface area contributed by atoms with Crippen LogP contribution in [0, 0.1) is 0 Å². The maximum atomic E-state index is 12.4. The number of rotatable bonds is 4. The van der Waals surface area contributed by atoms with Gasteiger partial charge in [-0.25, -0.2) is 8.42 Å². The Morgan fingerprint density at radius 3 is 2.35 bits per heavy atom. The van der Waals surface area contributed by atoms with Crippen molar-refractivity contribution in [3.63, 3.8) is 0 Å². The molecule has 9 heteroatoms. The van der Waals surface area contributed by atoms with Crippen LogP contribution in [0.25, 0.3) is 0 Å². The van der Waals surface area contributed by atoms with Crippen LogP contribution >= 0.6 is 11.6 Å². The zero-order valence-corrected chi connectivity index (χ0v) is 13.1. The molecular formula is C14H11ClN2O5S. The van der Waals surface area contributed by atoms with Gasteiger partial charge in [-0.15, -0.1) is 0 Å². The maximum Gasteiger partial charge on any atom is 0.261 e. The van der Waals surface area contributed by atoms with Gasteiger partial charge >= 0.3 is 0 Å². The van der Waals surface area contributed by atoms with Gasteiger partial charge in [0.05, 0.1) is 15.6 Å². The number of benzene rings is 2. The van der Waals surface area contributed by atoms with E-state index in [0.717, 1.165) is 0 Å². The highest BCUT2D eigenvalue weighted by atomic mass is 35.5. The smallest absolute Gasteiger partial charge is 0.261 e. The van der Waals surface area contributed by atoms with Crippen molar-refractivity contribution in [1.29, 1.82) is 0 Å². The maximum absolute atomic E-state index is 12.4. The lowest BCUT2D eigenvalue weighted by molar-refractivity contribution is 0.1000. The molecule has 0 aromatic heterocycles. The number of ether oxygens (including phenoxy) is 2. The molecule has 3 rings (SSSR count). The molecule has 1 aliphatic heterocycles. The molecule has 3 N–H and O–H groups in total. The van der Waals surface area contributed by atoms with Gasteiger partial charge in [0.25, 0.3) is 10.0 Å². The molecule has 23 heavy (non-hydrogen) atoms. The first kappa shape index (κ1) is 15.4. The Bertz CT molecular complexity index is 881. The molecule has 2 aromatic carbocycles. The second-order valence-corrected chi connectivity index (χ2v) is 6.77. The van der Waals surface area contributed by atoms with E-state index in [2.05, 4.69) is 4.72 Å².